The van der Waals surface area contributed by atoms with Gasteiger partial charge in [-0.15, -0.1) is 0 Å². The molecule has 1 saturated heterocycles. The summed E-state index contributed by atoms with van der Waals surface area (Å²) in [5.74, 6) is -2.36. The van der Waals surface area contributed by atoms with Gasteiger partial charge in [-0.2, -0.15) is 0 Å². The number of epoxide rings is 1. The Hall–Kier alpha value is -1.44. The van der Waals surface area contributed by atoms with Crippen molar-refractivity contribution in [1.82, 2.24) is 0 Å². The third-order valence-electron chi connectivity index (χ3n) is 3.22. The van der Waals surface area contributed by atoms with Crippen molar-refractivity contribution < 1.29 is 67.5 Å². The van der Waals surface area contributed by atoms with E-state index in [-0.39, 0.29) is 50.3 Å². The summed E-state index contributed by atoms with van der Waals surface area (Å²) in [6.07, 6.45) is -0.935. The van der Waals surface area contributed by atoms with Crippen LogP contribution in [0.3, 0.4) is 0 Å². The molecule has 1 rings (SSSR count). The van der Waals surface area contributed by atoms with Crippen molar-refractivity contribution in [1.29, 1.82) is 0 Å². The van der Waals surface area contributed by atoms with Crippen molar-refractivity contribution in [2.45, 2.75) is 26.1 Å². The predicted molar refractivity (Wildman–Crippen MR) is 120 cm³/mol. The number of hydrogen-bond donors (Lipinski definition) is 6. The standard InChI is InChI=1S/C9H17O7P.C6H11O6P.C3H6O/c1-7(9(11)12)5-15-3-4-17(13,14)16-6-8(2)10;1-5(6(7)8)4-12-2-3-13(9,10)11;1-3-2-4-3/h8,10H,1,3-6H2,2H3,(H,11,12)(H,13,14);1-4H2,(H,7,8)(H2,9,10,11);3H,2H2,1H3. The van der Waals surface area contributed by atoms with E-state index in [2.05, 4.69) is 29.3 Å². The first-order chi connectivity index (χ1) is 15.5. The summed E-state index contributed by atoms with van der Waals surface area (Å²) in [5.41, 5.74) is -0.284. The molecule has 0 aromatic carbocycles. The van der Waals surface area contributed by atoms with Crippen LogP contribution in [0.1, 0.15) is 13.8 Å². The number of ether oxygens (including phenoxy) is 3. The Labute approximate surface area is 197 Å². The number of aliphatic hydroxyl groups excluding tert-OH is 1. The molecule has 6 N–H and O–H groups in total. The Bertz CT molecular complexity index is 741. The highest BCUT2D eigenvalue weighted by atomic mass is 31.2. The van der Waals surface area contributed by atoms with Gasteiger partial charge < -0.3 is 48.7 Å². The fourth-order valence-corrected chi connectivity index (χ4v) is 2.57. The van der Waals surface area contributed by atoms with Crippen molar-refractivity contribution in [2.75, 3.05) is 52.0 Å². The zero-order valence-electron chi connectivity index (χ0n) is 19.1. The maximum absolute atomic E-state index is 11.3. The lowest BCUT2D eigenvalue weighted by atomic mass is 10.3. The maximum Gasteiger partial charge on any atom is 0.333 e. The molecule has 0 aromatic heterocycles. The van der Waals surface area contributed by atoms with Gasteiger partial charge in [-0.1, -0.05) is 13.2 Å². The number of aliphatic carboxylic acids is 2. The van der Waals surface area contributed by atoms with Gasteiger partial charge in [-0.25, -0.2) is 9.59 Å². The van der Waals surface area contributed by atoms with Crippen LogP contribution in [-0.2, 0) is 37.5 Å². The van der Waals surface area contributed by atoms with Gasteiger partial charge >= 0.3 is 27.1 Å². The van der Waals surface area contributed by atoms with Gasteiger partial charge in [0.2, 0.25) is 0 Å². The Kier molecular flexibility index (Phi) is 18.3. The van der Waals surface area contributed by atoms with Crippen molar-refractivity contribution in [3.8, 4) is 0 Å². The molecule has 3 unspecified atom stereocenters. The van der Waals surface area contributed by atoms with Crippen LogP contribution in [0, 0.1) is 0 Å². The van der Waals surface area contributed by atoms with Gasteiger partial charge in [0.05, 0.1) is 75.3 Å². The third kappa shape index (κ3) is 26.8. The zero-order valence-corrected chi connectivity index (χ0v) is 20.9. The summed E-state index contributed by atoms with van der Waals surface area (Å²) in [6.45, 7) is 9.87. The van der Waals surface area contributed by atoms with Crippen molar-refractivity contribution in [3.05, 3.63) is 24.3 Å². The second kappa shape index (κ2) is 17.9. The van der Waals surface area contributed by atoms with Gasteiger partial charge in [-0.3, -0.25) is 9.13 Å². The van der Waals surface area contributed by atoms with Crippen LogP contribution in [-0.4, -0.2) is 106 Å². The summed E-state index contributed by atoms with van der Waals surface area (Å²) in [5, 5.41) is 25.6. The van der Waals surface area contributed by atoms with E-state index >= 15 is 0 Å². The topological polar surface area (TPSA) is 230 Å². The summed E-state index contributed by atoms with van der Waals surface area (Å²) < 4.78 is 40.4. The number of carbonyl (C=O) groups is 2. The predicted octanol–water partition coefficient (Wildman–Crippen LogP) is 0.453. The molecule has 14 nitrogen and oxygen atoms in total. The fourth-order valence-electron chi connectivity index (χ4n) is 1.26. The van der Waals surface area contributed by atoms with Crippen molar-refractivity contribution in [2.24, 2.45) is 0 Å². The first-order valence-corrected chi connectivity index (χ1v) is 13.3. The van der Waals surface area contributed by atoms with Gasteiger partial charge in [0, 0.05) is 0 Å². The van der Waals surface area contributed by atoms with Crippen LogP contribution in [0.15, 0.2) is 24.3 Å². The first-order valence-electron chi connectivity index (χ1n) is 9.75. The summed E-state index contributed by atoms with van der Waals surface area (Å²) in [7, 11) is -7.84. The van der Waals surface area contributed by atoms with E-state index in [1.54, 1.807) is 0 Å². The number of rotatable bonds is 15. The Morgan fingerprint density at radius 1 is 1.00 bits per heavy atom. The third-order valence-corrected chi connectivity index (χ3v) is 5.29. The number of aliphatic hydroxyl groups is 1. The van der Waals surface area contributed by atoms with Crippen LogP contribution in [0.25, 0.3) is 0 Å². The average Bonchev–Trinajstić information content (AvgIpc) is 3.49. The average molecular weight is 536 g/mol. The molecule has 3 atom stereocenters. The molecule has 1 aliphatic rings. The molecule has 0 aliphatic carbocycles. The summed E-state index contributed by atoms with van der Waals surface area (Å²) in [6, 6.07) is 0. The molecule has 0 aromatic rings. The molecule has 0 bridgehead atoms. The smallest absolute Gasteiger partial charge is 0.333 e. The SMILES string of the molecule is C=C(COCCP(=O)(O)O)C(=O)O.C=C(COCCP(=O)(O)OCC(C)O)C(=O)O.CC1CO1. The number of carboxylic acids is 2. The zero-order chi connectivity index (χ0) is 26.9. The van der Waals surface area contributed by atoms with E-state index < -0.39 is 39.4 Å². The lowest BCUT2D eigenvalue weighted by Gasteiger charge is -2.13. The summed E-state index contributed by atoms with van der Waals surface area (Å²) in [4.78, 5) is 46.5. The molecule has 0 radical (unpaired) electrons. The van der Waals surface area contributed by atoms with Gasteiger partial charge in [0.15, 0.2) is 0 Å². The van der Waals surface area contributed by atoms with Crippen molar-refractivity contribution in [3.63, 3.8) is 0 Å². The van der Waals surface area contributed by atoms with E-state index in [1.807, 2.05) is 0 Å². The number of hydrogen-bond acceptors (Lipinski definition) is 9. The van der Waals surface area contributed by atoms with Crippen LogP contribution in [0.5, 0.6) is 0 Å². The van der Waals surface area contributed by atoms with Crippen LogP contribution < -0.4 is 0 Å². The number of carboxylic acid groups (broad SMARTS) is 2. The second-order valence-electron chi connectivity index (χ2n) is 6.96. The lowest BCUT2D eigenvalue weighted by molar-refractivity contribution is -0.134. The monoisotopic (exact) mass is 536 g/mol. The largest absolute Gasteiger partial charge is 0.478 e. The Morgan fingerprint density at radius 3 is 1.68 bits per heavy atom. The van der Waals surface area contributed by atoms with Gasteiger partial charge in [0.1, 0.15) is 0 Å². The molecule has 0 spiro atoms. The molecular weight excluding hydrogens is 502 g/mol. The molecule has 1 fully saturated rings. The first kappa shape index (κ1) is 34.7. The second-order valence-corrected chi connectivity index (χ2v) is 10.7. The minimum absolute atomic E-state index is 0.125. The minimum Gasteiger partial charge on any atom is -0.478 e. The van der Waals surface area contributed by atoms with Crippen LogP contribution in [0.4, 0.5) is 0 Å². The van der Waals surface area contributed by atoms with Gasteiger partial charge in [0.25, 0.3) is 0 Å². The highest BCUT2D eigenvalue weighted by molar-refractivity contribution is 7.52. The van der Waals surface area contributed by atoms with Crippen LogP contribution in [0.2, 0.25) is 0 Å². The molecular formula is C18H34O14P2. The molecule has 1 heterocycles. The lowest BCUT2D eigenvalue weighted by Crippen LogP contribution is -2.13. The summed E-state index contributed by atoms with van der Waals surface area (Å²) >= 11 is 0. The quantitative estimate of drug-likeness (QED) is 0.0723. The van der Waals surface area contributed by atoms with E-state index in [9.17, 15) is 23.6 Å². The Morgan fingerprint density at radius 2 is 1.38 bits per heavy atom. The van der Waals surface area contributed by atoms with Crippen molar-refractivity contribution >= 4 is 27.1 Å². The molecule has 200 valence electrons. The molecule has 34 heavy (non-hydrogen) atoms. The molecule has 1 aliphatic heterocycles. The molecule has 0 saturated carbocycles. The molecule has 16 heteroatoms. The van der Waals surface area contributed by atoms with E-state index in [4.69, 9.17) is 34.6 Å². The fraction of sp³-hybridized carbons (Fsp3) is 0.667. The van der Waals surface area contributed by atoms with E-state index in [0.29, 0.717) is 6.10 Å². The van der Waals surface area contributed by atoms with Gasteiger partial charge in [-0.05, 0) is 13.8 Å². The molecule has 0 amide bonds. The normalized spacial score (nSPS) is 17.1. The Balaban J connectivity index is 0. The van der Waals surface area contributed by atoms with E-state index in [1.165, 1.54) is 6.92 Å². The highest BCUT2D eigenvalue weighted by Gasteiger charge is 2.20. The van der Waals surface area contributed by atoms with Crippen LogP contribution >= 0.6 is 15.2 Å². The minimum atomic E-state index is -4.05. The maximum atomic E-state index is 11.3. The highest BCUT2D eigenvalue weighted by Crippen LogP contribution is 2.41. The van der Waals surface area contributed by atoms with E-state index in [0.717, 1.165) is 6.61 Å².